The smallest absolute Gasteiger partial charge is 0.310 e. The normalized spacial score (nSPS) is 23.4. The molecule has 0 spiro atoms. The van der Waals surface area contributed by atoms with Gasteiger partial charge in [0, 0.05) is 11.7 Å². The fourth-order valence-corrected chi connectivity index (χ4v) is 2.83. The van der Waals surface area contributed by atoms with Gasteiger partial charge < -0.3 is 10.4 Å². The van der Waals surface area contributed by atoms with E-state index < -0.39 is 11.9 Å². The molecule has 0 aliphatic heterocycles. The number of nitrogens with one attached hydrogen (secondary N) is 1. The van der Waals surface area contributed by atoms with Gasteiger partial charge in [0.2, 0.25) is 0 Å². The molecule has 0 radical (unpaired) electrons. The standard InChI is InChI=1S/C15H15N3O2/c16-8-11-6-9-2-1-3-13(9)18-14(11)17-12-5-4-10(7-12)15(19)20/h4-6,10,12H,1-3,7H2,(H,17,18)(H,19,20). The maximum Gasteiger partial charge on any atom is 0.310 e. The molecule has 0 fully saturated rings. The van der Waals surface area contributed by atoms with Crippen molar-refractivity contribution in [2.24, 2.45) is 5.92 Å². The van der Waals surface area contributed by atoms with Gasteiger partial charge in [-0.2, -0.15) is 5.26 Å². The monoisotopic (exact) mass is 269 g/mol. The van der Waals surface area contributed by atoms with Gasteiger partial charge in [-0.05, 0) is 37.3 Å². The highest BCUT2D eigenvalue weighted by molar-refractivity contribution is 5.73. The number of aryl methyl sites for hydroxylation is 2. The van der Waals surface area contributed by atoms with Crippen LogP contribution in [0, 0.1) is 17.2 Å². The quantitative estimate of drug-likeness (QED) is 0.818. The maximum atomic E-state index is 10.9. The van der Waals surface area contributed by atoms with Crippen LogP contribution < -0.4 is 5.32 Å². The molecule has 5 heteroatoms. The summed E-state index contributed by atoms with van der Waals surface area (Å²) in [5, 5.41) is 21.4. The van der Waals surface area contributed by atoms with Crippen molar-refractivity contribution in [3.05, 3.63) is 35.0 Å². The van der Waals surface area contributed by atoms with E-state index in [0.717, 1.165) is 30.5 Å². The number of pyridine rings is 1. The lowest BCUT2D eigenvalue weighted by molar-refractivity contribution is -0.140. The van der Waals surface area contributed by atoms with E-state index in [1.807, 2.05) is 12.1 Å². The number of anilines is 1. The topological polar surface area (TPSA) is 86.0 Å². The first-order valence-electron chi connectivity index (χ1n) is 6.78. The van der Waals surface area contributed by atoms with Crippen molar-refractivity contribution in [1.29, 1.82) is 5.26 Å². The third-order valence-corrected chi connectivity index (χ3v) is 3.89. The molecular weight excluding hydrogens is 254 g/mol. The molecular formula is C15H15N3O2. The van der Waals surface area contributed by atoms with E-state index in [-0.39, 0.29) is 6.04 Å². The summed E-state index contributed by atoms with van der Waals surface area (Å²) in [5.74, 6) is -0.686. The Morgan fingerprint density at radius 3 is 3.00 bits per heavy atom. The molecule has 5 nitrogen and oxygen atoms in total. The molecule has 0 saturated carbocycles. The SMILES string of the molecule is N#Cc1cc2c(nc1NC1C=CC(C(=O)O)C1)CCC2. The average Bonchev–Trinajstić information content (AvgIpc) is 3.06. The summed E-state index contributed by atoms with van der Waals surface area (Å²) in [6, 6.07) is 4.00. The van der Waals surface area contributed by atoms with Crippen LogP contribution in [-0.2, 0) is 17.6 Å². The molecule has 1 heterocycles. The van der Waals surface area contributed by atoms with Crippen LogP contribution in [0.2, 0.25) is 0 Å². The number of nitrogens with zero attached hydrogens (tertiary/aromatic N) is 2. The van der Waals surface area contributed by atoms with Crippen LogP contribution in [0.4, 0.5) is 5.82 Å². The lowest BCUT2D eigenvalue weighted by Gasteiger charge is -2.15. The molecule has 1 aromatic heterocycles. The van der Waals surface area contributed by atoms with Crippen LogP contribution in [0.5, 0.6) is 0 Å². The first-order chi connectivity index (χ1) is 9.67. The molecule has 2 aliphatic carbocycles. The van der Waals surface area contributed by atoms with Gasteiger partial charge in [-0.15, -0.1) is 0 Å². The van der Waals surface area contributed by atoms with Gasteiger partial charge >= 0.3 is 5.97 Å². The van der Waals surface area contributed by atoms with Crippen molar-refractivity contribution in [2.75, 3.05) is 5.32 Å². The van der Waals surface area contributed by atoms with E-state index in [1.165, 1.54) is 0 Å². The van der Waals surface area contributed by atoms with Crippen molar-refractivity contribution < 1.29 is 9.90 Å². The van der Waals surface area contributed by atoms with Crippen LogP contribution in [-0.4, -0.2) is 22.1 Å². The minimum Gasteiger partial charge on any atom is -0.481 e. The molecule has 2 N–H and O–H groups in total. The number of fused-ring (bicyclic) bond motifs is 1. The highest BCUT2D eigenvalue weighted by atomic mass is 16.4. The minimum absolute atomic E-state index is 0.0739. The van der Waals surface area contributed by atoms with Crippen LogP contribution in [0.1, 0.15) is 29.7 Å². The number of rotatable bonds is 3. The predicted octanol–water partition coefficient (Wildman–Crippen LogP) is 1.88. The molecule has 0 saturated heterocycles. The fourth-order valence-electron chi connectivity index (χ4n) is 2.83. The van der Waals surface area contributed by atoms with E-state index >= 15 is 0 Å². The second-order valence-electron chi connectivity index (χ2n) is 5.27. The molecule has 1 aromatic rings. The Hall–Kier alpha value is -2.35. The van der Waals surface area contributed by atoms with E-state index in [9.17, 15) is 10.1 Å². The van der Waals surface area contributed by atoms with Crippen LogP contribution in [0.25, 0.3) is 0 Å². The van der Waals surface area contributed by atoms with Crippen LogP contribution in [0.3, 0.4) is 0 Å². The van der Waals surface area contributed by atoms with Crippen LogP contribution in [0.15, 0.2) is 18.2 Å². The minimum atomic E-state index is -0.812. The number of carboxylic acid groups (broad SMARTS) is 1. The highest BCUT2D eigenvalue weighted by Gasteiger charge is 2.25. The molecule has 102 valence electrons. The first kappa shape index (κ1) is 12.7. The Labute approximate surface area is 116 Å². The van der Waals surface area contributed by atoms with Gasteiger partial charge in [0.15, 0.2) is 0 Å². The van der Waals surface area contributed by atoms with E-state index in [2.05, 4.69) is 16.4 Å². The average molecular weight is 269 g/mol. The Kier molecular flexibility index (Phi) is 3.15. The second kappa shape index (κ2) is 4.97. The van der Waals surface area contributed by atoms with Gasteiger partial charge in [0.1, 0.15) is 11.9 Å². The van der Waals surface area contributed by atoms with Crippen LogP contribution >= 0.6 is 0 Å². The number of carbonyl (C=O) groups is 1. The van der Waals surface area contributed by atoms with Gasteiger partial charge in [-0.1, -0.05) is 12.2 Å². The van der Waals surface area contributed by atoms with Crippen molar-refractivity contribution in [3.8, 4) is 6.07 Å². The molecule has 2 atom stereocenters. The number of hydrogen-bond donors (Lipinski definition) is 2. The van der Waals surface area contributed by atoms with Gasteiger partial charge in [-0.3, -0.25) is 4.79 Å². The van der Waals surface area contributed by atoms with E-state index in [4.69, 9.17) is 5.11 Å². The summed E-state index contributed by atoms with van der Waals surface area (Å²) >= 11 is 0. The van der Waals surface area contributed by atoms with Crippen molar-refractivity contribution >= 4 is 11.8 Å². The van der Waals surface area contributed by atoms with Crippen molar-refractivity contribution in [2.45, 2.75) is 31.7 Å². The zero-order chi connectivity index (χ0) is 14.1. The van der Waals surface area contributed by atoms with Gasteiger partial charge in [0.05, 0.1) is 11.5 Å². The molecule has 0 bridgehead atoms. The zero-order valence-electron chi connectivity index (χ0n) is 11.0. The first-order valence-corrected chi connectivity index (χ1v) is 6.78. The third kappa shape index (κ3) is 2.25. The summed E-state index contributed by atoms with van der Waals surface area (Å²) in [6.45, 7) is 0. The molecule has 3 rings (SSSR count). The van der Waals surface area contributed by atoms with Gasteiger partial charge in [0.25, 0.3) is 0 Å². The number of aromatic nitrogens is 1. The van der Waals surface area contributed by atoms with Crippen molar-refractivity contribution in [1.82, 2.24) is 4.98 Å². The van der Waals surface area contributed by atoms with Crippen molar-refractivity contribution in [3.63, 3.8) is 0 Å². The maximum absolute atomic E-state index is 10.9. The second-order valence-corrected chi connectivity index (χ2v) is 5.27. The summed E-state index contributed by atoms with van der Waals surface area (Å²) in [4.78, 5) is 15.5. The Bertz CT molecular complexity index is 631. The fraction of sp³-hybridized carbons (Fsp3) is 0.400. The van der Waals surface area contributed by atoms with E-state index in [0.29, 0.717) is 17.8 Å². The predicted molar refractivity (Wildman–Crippen MR) is 73.3 cm³/mol. The molecule has 0 aromatic carbocycles. The molecule has 2 unspecified atom stereocenters. The number of nitriles is 1. The molecule has 0 amide bonds. The summed E-state index contributed by atoms with van der Waals surface area (Å²) in [6.07, 6.45) is 7.06. The number of aliphatic carboxylic acids is 1. The number of hydrogen-bond acceptors (Lipinski definition) is 4. The van der Waals surface area contributed by atoms with Gasteiger partial charge in [-0.25, -0.2) is 4.98 Å². The summed E-state index contributed by atoms with van der Waals surface area (Å²) in [5.41, 5.74) is 2.76. The Morgan fingerprint density at radius 2 is 2.30 bits per heavy atom. The highest BCUT2D eigenvalue weighted by Crippen LogP contribution is 2.27. The molecule has 20 heavy (non-hydrogen) atoms. The summed E-state index contributed by atoms with van der Waals surface area (Å²) in [7, 11) is 0. The Morgan fingerprint density at radius 1 is 1.45 bits per heavy atom. The third-order valence-electron chi connectivity index (χ3n) is 3.89. The zero-order valence-corrected chi connectivity index (χ0v) is 11.0. The van der Waals surface area contributed by atoms with E-state index in [1.54, 1.807) is 6.08 Å². The lowest BCUT2D eigenvalue weighted by atomic mass is 10.1. The summed E-state index contributed by atoms with van der Waals surface area (Å²) < 4.78 is 0. The lowest BCUT2D eigenvalue weighted by Crippen LogP contribution is -2.20. The Balaban J connectivity index is 1.80. The molecule has 2 aliphatic rings. The largest absolute Gasteiger partial charge is 0.481 e. The number of carboxylic acids is 1.